The van der Waals surface area contributed by atoms with E-state index in [1.54, 1.807) is 0 Å². The van der Waals surface area contributed by atoms with E-state index in [9.17, 15) is 0 Å². The van der Waals surface area contributed by atoms with Crippen LogP contribution >= 0.6 is 0 Å². The molecule has 0 amide bonds. The monoisotopic (exact) mass is 240 g/mol. The summed E-state index contributed by atoms with van der Waals surface area (Å²) >= 11 is 0. The van der Waals surface area contributed by atoms with E-state index in [4.69, 9.17) is 4.74 Å². The molecule has 1 aromatic carbocycles. The SMILES string of the molecule is CC[C@H](C)Oc1cc2c(cn1)[nH]c1ccccc12. The van der Waals surface area contributed by atoms with Gasteiger partial charge < -0.3 is 9.72 Å². The van der Waals surface area contributed by atoms with Gasteiger partial charge in [0.05, 0.1) is 17.8 Å². The summed E-state index contributed by atoms with van der Waals surface area (Å²) in [7, 11) is 0. The van der Waals surface area contributed by atoms with Gasteiger partial charge in [-0.25, -0.2) is 4.98 Å². The Kier molecular flexibility index (Phi) is 2.67. The molecule has 0 aliphatic heterocycles. The van der Waals surface area contributed by atoms with Gasteiger partial charge >= 0.3 is 0 Å². The molecular weight excluding hydrogens is 224 g/mol. The van der Waals surface area contributed by atoms with Crippen LogP contribution in [-0.2, 0) is 0 Å². The number of para-hydroxylation sites is 1. The molecule has 92 valence electrons. The number of aromatic nitrogens is 2. The van der Waals surface area contributed by atoms with Crippen molar-refractivity contribution < 1.29 is 4.74 Å². The normalized spacial score (nSPS) is 13.0. The van der Waals surface area contributed by atoms with Crippen molar-refractivity contribution in [2.45, 2.75) is 26.4 Å². The van der Waals surface area contributed by atoms with Gasteiger partial charge in [-0.1, -0.05) is 25.1 Å². The number of H-pyrrole nitrogens is 1. The highest BCUT2D eigenvalue weighted by Gasteiger charge is 2.07. The first-order chi connectivity index (χ1) is 8.78. The van der Waals surface area contributed by atoms with Gasteiger partial charge in [0.15, 0.2) is 0 Å². The number of aromatic amines is 1. The maximum atomic E-state index is 5.76. The number of pyridine rings is 1. The average molecular weight is 240 g/mol. The van der Waals surface area contributed by atoms with Crippen molar-refractivity contribution in [1.82, 2.24) is 9.97 Å². The molecule has 2 heterocycles. The number of hydrogen-bond donors (Lipinski definition) is 1. The zero-order chi connectivity index (χ0) is 12.5. The standard InChI is InChI=1S/C15H16N2O/c1-3-10(2)18-15-8-12-11-6-4-5-7-13(11)17-14(12)9-16-15/h4-10,17H,3H2,1-2H3/t10-/m0/s1. The van der Waals surface area contributed by atoms with Crippen molar-refractivity contribution in [3.63, 3.8) is 0 Å². The fourth-order valence-corrected chi connectivity index (χ4v) is 2.08. The number of fused-ring (bicyclic) bond motifs is 3. The molecule has 2 aromatic heterocycles. The van der Waals surface area contributed by atoms with Gasteiger partial charge in [0, 0.05) is 22.4 Å². The van der Waals surface area contributed by atoms with Crippen LogP contribution in [0.5, 0.6) is 5.88 Å². The largest absolute Gasteiger partial charge is 0.475 e. The average Bonchev–Trinajstić information content (AvgIpc) is 2.77. The van der Waals surface area contributed by atoms with E-state index < -0.39 is 0 Å². The second kappa shape index (κ2) is 4.33. The molecule has 0 fully saturated rings. The highest BCUT2D eigenvalue weighted by Crippen LogP contribution is 2.27. The van der Waals surface area contributed by atoms with Crippen LogP contribution in [0.15, 0.2) is 36.5 Å². The predicted octanol–water partition coefficient (Wildman–Crippen LogP) is 3.89. The van der Waals surface area contributed by atoms with Crippen molar-refractivity contribution in [2.75, 3.05) is 0 Å². The Labute approximate surface area is 106 Å². The molecule has 3 rings (SSSR count). The molecule has 0 unspecified atom stereocenters. The molecule has 0 spiro atoms. The van der Waals surface area contributed by atoms with Crippen molar-refractivity contribution in [3.8, 4) is 5.88 Å². The van der Waals surface area contributed by atoms with E-state index in [2.05, 4.69) is 35.9 Å². The fraction of sp³-hybridized carbons (Fsp3) is 0.267. The Morgan fingerprint density at radius 2 is 2.06 bits per heavy atom. The predicted molar refractivity (Wildman–Crippen MR) is 74.0 cm³/mol. The summed E-state index contributed by atoms with van der Waals surface area (Å²) in [6.45, 7) is 4.16. The zero-order valence-electron chi connectivity index (χ0n) is 10.6. The first kappa shape index (κ1) is 11.1. The van der Waals surface area contributed by atoms with E-state index >= 15 is 0 Å². The quantitative estimate of drug-likeness (QED) is 0.754. The maximum absolute atomic E-state index is 5.76. The second-order valence-electron chi connectivity index (χ2n) is 4.58. The van der Waals surface area contributed by atoms with Gasteiger partial charge in [-0.15, -0.1) is 0 Å². The van der Waals surface area contributed by atoms with Gasteiger partial charge in [-0.3, -0.25) is 0 Å². The van der Waals surface area contributed by atoms with E-state index in [0.29, 0.717) is 5.88 Å². The molecule has 0 radical (unpaired) electrons. The third-order valence-electron chi connectivity index (χ3n) is 3.26. The molecule has 1 N–H and O–H groups in total. The maximum Gasteiger partial charge on any atom is 0.214 e. The van der Waals surface area contributed by atoms with Gasteiger partial charge in [-0.2, -0.15) is 0 Å². The smallest absolute Gasteiger partial charge is 0.214 e. The van der Waals surface area contributed by atoms with E-state index in [1.807, 2.05) is 24.4 Å². The van der Waals surface area contributed by atoms with E-state index in [-0.39, 0.29) is 6.10 Å². The lowest BCUT2D eigenvalue weighted by Crippen LogP contribution is -2.10. The van der Waals surface area contributed by atoms with Crippen LogP contribution in [-0.4, -0.2) is 16.1 Å². The summed E-state index contributed by atoms with van der Waals surface area (Å²) < 4.78 is 5.76. The lowest BCUT2D eigenvalue weighted by molar-refractivity contribution is 0.209. The first-order valence-electron chi connectivity index (χ1n) is 6.31. The lowest BCUT2D eigenvalue weighted by Gasteiger charge is -2.11. The fourth-order valence-electron chi connectivity index (χ4n) is 2.08. The summed E-state index contributed by atoms with van der Waals surface area (Å²) in [5, 5.41) is 2.38. The topological polar surface area (TPSA) is 37.9 Å². The zero-order valence-corrected chi connectivity index (χ0v) is 10.6. The Balaban J connectivity index is 2.12. The van der Waals surface area contributed by atoms with Crippen LogP contribution < -0.4 is 4.74 Å². The van der Waals surface area contributed by atoms with Crippen molar-refractivity contribution in [3.05, 3.63) is 36.5 Å². The van der Waals surface area contributed by atoms with Crippen molar-refractivity contribution >= 4 is 21.8 Å². The summed E-state index contributed by atoms with van der Waals surface area (Å²) in [4.78, 5) is 7.69. The molecule has 3 aromatic rings. The minimum absolute atomic E-state index is 0.195. The molecule has 0 saturated carbocycles. The third kappa shape index (κ3) is 1.82. The van der Waals surface area contributed by atoms with E-state index in [1.165, 1.54) is 10.8 Å². The Morgan fingerprint density at radius 3 is 2.89 bits per heavy atom. The van der Waals surface area contributed by atoms with Crippen LogP contribution in [0.2, 0.25) is 0 Å². The van der Waals surface area contributed by atoms with E-state index in [0.717, 1.165) is 17.5 Å². The number of hydrogen-bond acceptors (Lipinski definition) is 2. The Morgan fingerprint density at radius 1 is 1.22 bits per heavy atom. The minimum atomic E-state index is 0.195. The molecule has 18 heavy (non-hydrogen) atoms. The van der Waals surface area contributed by atoms with Gasteiger partial charge in [0.2, 0.25) is 5.88 Å². The molecule has 0 aliphatic carbocycles. The molecule has 0 bridgehead atoms. The second-order valence-corrected chi connectivity index (χ2v) is 4.58. The van der Waals surface area contributed by atoms with Crippen LogP contribution in [0.25, 0.3) is 21.8 Å². The lowest BCUT2D eigenvalue weighted by atomic mass is 10.2. The summed E-state index contributed by atoms with van der Waals surface area (Å²) in [5.41, 5.74) is 2.18. The molecule has 0 aliphatic rings. The van der Waals surface area contributed by atoms with Gasteiger partial charge in [-0.05, 0) is 19.4 Å². The molecular formula is C15H16N2O. The number of nitrogens with one attached hydrogen (secondary N) is 1. The van der Waals surface area contributed by atoms with Crippen LogP contribution in [0.4, 0.5) is 0 Å². The molecule has 3 nitrogen and oxygen atoms in total. The molecule has 1 atom stereocenters. The summed E-state index contributed by atoms with van der Waals surface area (Å²) in [6, 6.07) is 10.3. The number of nitrogens with zero attached hydrogens (tertiary/aromatic N) is 1. The Bertz CT molecular complexity index is 687. The number of benzene rings is 1. The molecule has 0 saturated heterocycles. The van der Waals surface area contributed by atoms with Crippen LogP contribution in [0.1, 0.15) is 20.3 Å². The molecule has 3 heteroatoms. The summed E-state index contributed by atoms with van der Waals surface area (Å²) in [5.74, 6) is 0.696. The summed E-state index contributed by atoms with van der Waals surface area (Å²) in [6.07, 6.45) is 3.01. The van der Waals surface area contributed by atoms with Gasteiger partial charge in [0.25, 0.3) is 0 Å². The number of rotatable bonds is 3. The Hall–Kier alpha value is -2.03. The first-order valence-corrected chi connectivity index (χ1v) is 6.31. The number of ether oxygens (including phenoxy) is 1. The van der Waals surface area contributed by atoms with Crippen molar-refractivity contribution in [1.29, 1.82) is 0 Å². The van der Waals surface area contributed by atoms with Crippen molar-refractivity contribution in [2.24, 2.45) is 0 Å². The highest BCUT2D eigenvalue weighted by atomic mass is 16.5. The minimum Gasteiger partial charge on any atom is -0.475 e. The van der Waals surface area contributed by atoms with Crippen LogP contribution in [0, 0.1) is 0 Å². The highest BCUT2D eigenvalue weighted by molar-refractivity contribution is 6.07. The van der Waals surface area contributed by atoms with Gasteiger partial charge in [0.1, 0.15) is 0 Å². The van der Waals surface area contributed by atoms with Crippen LogP contribution in [0.3, 0.4) is 0 Å². The third-order valence-corrected chi connectivity index (χ3v) is 3.26.